The minimum absolute atomic E-state index is 0.0683. The molecule has 40 heavy (non-hydrogen) atoms. The second-order valence-electron chi connectivity index (χ2n) is 10.4. The molecule has 202 valence electrons. The molecule has 0 amide bonds. The number of rotatable bonds is 0. The van der Waals surface area contributed by atoms with Crippen molar-refractivity contribution in [2.75, 3.05) is 0 Å². The van der Waals surface area contributed by atoms with Crippen molar-refractivity contribution in [2.45, 2.75) is 38.9 Å². The average molecular weight is 542 g/mol. The van der Waals surface area contributed by atoms with Gasteiger partial charge in [-0.2, -0.15) is 0 Å². The van der Waals surface area contributed by atoms with Crippen molar-refractivity contribution in [3.8, 4) is 23.0 Å². The van der Waals surface area contributed by atoms with E-state index in [9.17, 15) is 49.8 Å². The Kier molecular flexibility index (Phi) is 5.32. The number of phenols is 4. The van der Waals surface area contributed by atoms with Gasteiger partial charge in [0, 0.05) is 34.9 Å². The first kappa shape index (κ1) is 25.5. The molecule has 0 spiro atoms. The van der Waals surface area contributed by atoms with Crippen LogP contribution in [0.2, 0.25) is 0 Å². The topological polar surface area (TPSA) is 190 Å². The van der Waals surface area contributed by atoms with Crippen LogP contribution >= 0.6 is 0 Å². The number of phenolic OH excluding ortho intramolecular Hbond substituents is 4. The molecular formula is C30H22O10. The van der Waals surface area contributed by atoms with Gasteiger partial charge in [-0.1, -0.05) is 0 Å². The fraction of sp³-hybridized carbons (Fsp3) is 0.200. The van der Waals surface area contributed by atoms with Crippen molar-refractivity contribution < 1.29 is 49.8 Å². The first-order valence-corrected chi connectivity index (χ1v) is 12.4. The predicted molar refractivity (Wildman–Crippen MR) is 140 cm³/mol. The maximum Gasteiger partial charge on any atom is 0.201 e. The Morgan fingerprint density at radius 3 is 1.93 bits per heavy atom. The van der Waals surface area contributed by atoms with Crippen molar-refractivity contribution in [3.63, 3.8) is 0 Å². The number of fused-ring (bicyclic) bond motifs is 3. The lowest BCUT2D eigenvalue weighted by molar-refractivity contribution is -0.117. The Morgan fingerprint density at radius 1 is 0.625 bits per heavy atom. The highest BCUT2D eigenvalue weighted by Crippen LogP contribution is 2.52. The SMILES string of the molecule is Cc1cc(O)c2c(c1)C(=O)C1=C(C(=O)C[C@@H](O)C1=C1c3c(c(O)c4c(O)cc(C)cc4c3O)C(=O)C[C@@H]1O)C2=O. The van der Waals surface area contributed by atoms with Crippen LogP contribution in [0.15, 0.2) is 41.0 Å². The third-order valence-electron chi connectivity index (χ3n) is 7.73. The van der Waals surface area contributed by atoms with Crippen LogP contribution in [0.1, 0.15) is 60.6 Å². The molecule has 0 unspecified atom stereocenters. The minimum atomic E-state index is -1.73. The van der Waals surface area contributed by atoms with Gasteiger partial charge in [0.05, 0.1) is 34.3 Å². The number of aliphatic hydroxyl groups is 2. The molecule has 3 aliphatic carbocycles. The monoisotopic (exact) mass is 542 g/mol. The zero-order valence-electron chi connectivity index (χ0n) is 21.2. The molecule has 0 radical (unpaired) electrons. The minimum Gasteiger partial charge on any atom is -0.507 e. The molecule has 0 bridgehead atoms. The molecule has 3 aromatic rings. The number of hydrogen-bond acceptors (Lipinski definition) is 10. The molecule has 0 aliphatic heterocycles. The number of hydrogen-bond donors (Lipinski definition) is 6. The summed E-state index contributed by atoms with van der Waals surface area (Å²) in [5, 5.41) is 65.5. The lowest BCUT2D eigenvalue weighted by atomic mass is 9.69. The largest absolute Gasteiger partial charge is 0.507 e. The summed E-state index contributed by atoms with van der Waals surface area (Å²) in [5.41, 5.74) is -2.22. The van der Waals surface area contributed by atoms with Gasteiger partial charge in [-0.05, 0) is 60.4 Å². The number of ketones is 4. The smallest absolute Gasteiger partial charge is 0.201 e. The van der Waals surface area contributed by atoms with Crippen LogP contribution in [0.25, 0.3) is 16.3 Å². The summed E-state index contributed by atoms with van der Waals surface area (Å²) in [4.78, 5) is 53.5. The van der Waals surface area contributed by atoms with Crippen molar-refractivity contribution in [1.82, 2.24) is 0 Å². The van der Waals surface area contributed by atoms with Gasteiger partial charge in [0.2, 0.25) is 5.78 Å². The first-order chi connectivity index (χ1) is 18.8. The van der Waals surface area contributed by atoms with Crippen LogP contribution in [0, 0.1) is 13.8 Å². The molecule has 0 heterocycles. The first-order valence-electron chi connectivity index (χ1n) is 12.4. The molecule has 3 aliphatic rings. The molecule has 3 aromatic carbocycles. The van der Waals surface area contributed by atoms with E-state index in [1.165, 1.54) is 24.3 Å². The second-order valence-corrected chi connectivity index (χ2v) is 10.4. The zero-order chi connectivity index (χ0) is 28.9. The Labute approximate surface area is 225 Å². The van der Waals surface area contributed by atoms with E-state index in [0.29, 0.717) is 11.1 Å². The van der Waals surface area contributed by atoms with Gasteiger partial charge in [-0.3, -0.25) is 19.2 Å². The molecule has 10 heteroatoms. The number of benzene rings is 3. The number of carbonyl (C=O) groups is 4. The normalized spacial score (nSPS) is 22.5. The van der Waals surface area contributed by atoms with Gasteiger partial charge in [-0.25, -0.2) is 0 Å². The quantitative estimate of drug-likeness (QED) is 0.182. The van der Waals surface area contributed by atoms with Crippen LogP contribution < -0.4 is 0 Å². The highest BCUT2D eigenvalue weighted by molar-refractivity contribution is 6.39. The number of carbonyl (C=O) groups excluding carboxylic acids is 4. The van der Waals surface area contributed by atoms with E-state index in [2.05, 4.69) is 0 Å². The predicted octanol–water partition coefficient (Wildman–Crippen LogP) is 2.69. The highest BCUT2D eigenvalue weighted by Gasteiger charge is 2.47. The van der Waals surface area contributed by atoms with Crippen molar-refractivity contribution in [2.24, 2.45) is 0 Å². The molecule has 0 aromatic heterocycles. The highest BCUT2D eigenvalue weighted by atomic mass is 16.3. The van der Waals surface area contributed by atoms with Crippen molar-refractivity contribution in [3.05, 3.63) is 74.4 Å². The molecule has 10 nitrogen and oxygen atoms in total. The van der Waals surface area contributed by atoms with Gasteiger partial charge in [0.15, 0.2) is 17.3 Å². The van der Waals surface area contributed by atoms with Crippen molar-refractivity contribution >= 4 is 39.5 Å². The maximum atomic E-state index is 13.9. The average Bonchev–Trinajstić information content (AvgIpc) is 2.85. The molecule has 6 rings (SSSR count). The summed E-state index contributed by atoms with van der Waals surface area (Å²) in [5.74, 6) is -5.66. The number of allylic oxidation sites excluding steroid dienone is 1. The molecule has 6 N–H and O–H groups in total. The second kappa shape index (κ2) is 8.35. The molecule has 0 saturated carbocycles. The van der Waals surface area contributed by atoms with E-state index in [1.807, 2.05) is 0 Å². The summed E-state index contributed by atoms with van der Waals surface area (Å²) in [6, 6.07) is 5.38. The number of aliphatic hydroxyl groups excluding tert-OH is 2. The maximum absolute atomic E-state index is 13.9. The molecular weight excluding hydrogens is 520 g/mol. The Morgan fingerprint density at radius 2 is 1.23 bits per heavy atom. The van der Waals surface area contributed by atoms with Gasteiger partial charge in [0.25, 0.3) is 0 Å². The number of Topliss-reactive ketones (excluding diaryl/α,β-unsaturated/α-hetero) is 4. The van der Waals surface area contributed by atoms with Gasteiger partial charge >= 0.3 is 0 Å². The molecule has 0 fully saturated rings. The van der Waals surface area contributed by atoms with Crippen LogP contribution in [-0.4, -0.2) is 66.0 Å². The Hall–Kier alpha value is -4.80. The van der Waals surface area contributed by atoms with E-state index in [4.69, 9.17) is 0 Å². The zero-order valence-corrected chi connectivity index (χ0v) is 21.2. The standard InChI is InChI=1S/C30H22O10/c1-9-3-11-19(13(31)5-9)29(39)23-17(35)7-15(33)21(25(23)27(11)37)22-16(34)8-18(36)24-26(22)28(38)12-4-10(2)6-14(32)20(12)30(24)40/h3-6,15-16,31-34,37,39H,7-8H2,1-2H3/t15-,16+/m0/s1. The van der Waals surface area contributed by atoms with E-state index in [0.717, 1.165) is 0 Å². The van der Waals surface area contributed by atoms with E-state index >= 15 is 0 Å². The molecule has 2 atom stereocenters. The summed E-state index contributed by atoms with van der Waals surface area (Å²) in [6.07, 6.45) is -4.71. The van der Waals surface area contributed by atoms with E-state index in [1.54, 1.807) is 13.8 Å². The van der Waals surface area contributed by atoms with E-state index in [-0.39, 0.29) is 38.6 Å². The van der Waals surface area contributed by atoms with Crippen LogP contribution in [0.3, 0.4) is 0 Å². The Bertz CT molecular complexity index is 1860. The fourth-order valence-electron chi connectivity index (χ4n) is 6.15. The van der Waals surface area contributed by atoms with Gasteiger partial charge < -0.3 is 30.6 Å². The van der Waals surface area contributed by atoms with E-state index < -0.39 is 87.9 Å². The van der Waals surface area contributed by atoms with Crippen LogP contribution in [-0.2, 0) is 4.79 Å². The number of aromatic hydroxyl groups is 4. The van der Waals surface area contributed by atoms with Gasteiger partial charge in [0.1, 0.15) is 23.0 Å². The summed E-state index contributed by atoms with van der Waals surface area (Å²) in [7, 11) is 0. The van der Waals surface area contributed by atoms with Crippen LogP contribution in [0.5, 0.6) is 23.0 Å². The van der Waals surface area contributed by atoms with Crippen LogP contribution in [0.4, 0.5) is 0 Å². The fourth-order valence-corrected chi connectivity index (χ4v) is 6.15. The third kappa shape index (κ3) is 3.23. The summed E-state index contributed by atoms with van der Waals surface area (Å²) in [6.45, 7) is 3.20. The van der Waals surface area contributed by atoms with Crippen molar-refractivity contribution in [1.29, 1.82) is 0 Å². The third-order valence-corrected chi connectivity index (χ3v) is 7.73. The summed E-state index contributed by atoms with van der Waals surface area (Å²) < 4.78 is 0. The van der Waals surface area contributed by atoms with Gasteiger partial charge in [-0.15, -0.1) is 0 Å². The lowest BCUT2D eigenvalue weighted by Crippen LogP contribution is -2.38. The number of aryl methyl sites for hydroxylation is 2. The summed E-state index contributed by atoms with van der Waals surface area (Å²) >= 11 is 0. The lowest BCUT2D eigenvalue weighted by Gasteiger charge is -2.34. The molecule has 0 saturated heterocycles. The Balaban J connectivity index is 1.77.